The Morgan fingerprint density at radius 1 is 1.24 bits per heavy atom. The normalized spacial score (nSPS) is 14.2. The largest absolute Gasteiger partial charge is 0.372 e. The van der Waals surface area contributed by atoms with Gasteiger partial charge in [0, 0.05) is 24.5 Å². The van der Waals surface area contributed by atoms with Crippen molar-refractivity contribution in [2.45, 2.75) is 13.3 Å². The van der Waals surface area contributed by atoms with E-state index in [0.717, 1.165) is 34.8 Å². The van der Waals surface area contributed by atoms with Gasteiger partial charge in [-0.2, -0.15) is 0 Å². The first-order valence-electron chi connectivity index (χ1n) is 5.59. The van der Waals surface area contributed by atoms with Crippen molar-refractivity contribution >= 4 is 21.6 Å². The SMILES string of the molecule is Cc1nnc2n1-c1ccc(Br)cc1N(C)CC2. The van der Waals surface area contributed by atoms with Crippen molar-refractivity contribution in [2.24, 2.45) is 0 Å². The average molecular weight is 293 g/mol. The van der Waals surface area contributed by atoms with E-state index in [1.165, 1.54) is 5.69 Å². The summed E-state index contributed by atoms with van der Waals surface area (Å²) in [5.41, 5.74) is 2.37. The number of aromatic nitrogens is 3. The van der Waals surface area contributed by atoms with Crippen LogP contribution in [0.5, 0.6) is 0 Å². The van der Waals surface area contributed by atoms with Crippen molar-refractivity contribution in [1.29, 1.82) is 0 Å². The van der Waals surface area contributed by atoms with Gasteiger partial charge in [-0.3, -0.25) is 4.57 Å². The first kappa shape index (κ1) is 10.8. The third-order valence-corrected chi connectivity index (χ3v) is 3.65. The summed E-state index contributed by atoms with van der Waals surface area (Å²) in [6, 6.07) is 6.31. The molecule has 17 heavy (non-hydrogen) atoms. The zero-order valence-electron chi connectivity index (χ0n) is 9.81. The molecular weight excluding hydrogens is 280 g/mol. The fourth-order valence-electron chi connectivity index (χ4n) is 2.26. The average Bonchev–Trinajstić information content (AvgIpc) is 2.61. The maximum atomic E-state index is 4.25. The van der Waals surface area contributed by atoms with Gasteiger partial charge in [-0.1, -0.05) is 15.9 Å². The van der Waals surface area contributed by atoms with Crippen LogP contribution in [0.4, 0.5) is 5.69 Å². The third-order valence-electron chi connectivity index (χ3n) is 3.15. The van der Waals surface area contributed by atoms with E-state index in [0.29, 0.717) is 0 Å². The summed E-state index contributed by atoms with van der Waals surface area (Å²) < 4.78 is 3.24. The molecule has 2 aromatic rings. The highest BCUT2D eigenvalue weighted by atomic mass is 79.9. The molecule has 1 aromatic heterocycles. The molecule has 0 unspecified atom stereocenters. The van der Waals surface area contributed by atoms with E-state index in [1.807, 2.05) is 6.92 Å². The minimum absolute atomic E-state index is 0.920. The van der Waals surface area contributed by atoms with E-state index in [4.69, 9.17) is 0 Å². The first-order valence-corrected chi connectivity index (χ1v) is 6.38. The molecule has 1 aromatic carbocycles. The molecule has 1 aliphatic rings. The van der Waals surface area contributed by atoms with Crippen molar-refractivity contribution in [3.63, 3.8) is 0 Å². The highest BCUT2D eigenvalue weighted by Gasteiger charge is 2.20. The predicted octanol–water partition coefficient (Wildman–Crippen LogP) is 2.33. The Hall–Kier alpha value is -1.36. The summed E-state index contributed by atoms with van der Waals surface area (Å²) in [6.45, 7) is 2.95. The number of halogens is 1. The van der Waals surface area contributed by atoms with Gasteiger partial charge >= 0.3 is 0 Å². The second-order valence-corrected chi connectivity index (χ2v) is 5.22. The van der Waals surface area contributed by atoms with E-state index in [1.54, 1.807) is 0 Å². The van der Waals surface area contributed by atoms with Crippen molar-refractivity contribution in [3.05, 3.63) is 34.3 Å². The number of benzene rings is 1. The highest BCUT2D eigenvalue weighted by Crippen LogP contribution is 2.31. The van der Waals surface area contributed by atoms with Gasteiger partial charge in [-0.05, 0) is 25.1 Å². The lowest BCUT2D eigenvalue weighted by Crippen LogP contribution is -2.19. The summed E-state index contributed by atoms with van der Waals surface area (Å²) in [6.07, 6.45) is 0.920. The molecule has 0 bridgehead atoms. The van der Waals surface area contributed by atoms with Gasteiger partial charge in [-0.25, -0.2) is 0 Å². The van der Waals surface area contributed by atoms with Crippen molar-refractivity contribution in [2.75, 3.05) is 18.5 Å². The third kappa shape index (κ3) is 1.65. The lowest BCUT2D eigenvalue weighted by atomic mass is 10.2. The molecule has 2 heterocycles. The molecule has 4 nitrogen and oxygen atoms in total. The molecule has 0 saturated heterocycles. The molecule has 5 heteroatoms. The number of hydrogen-bond donors (Lipinski definition) is 0. The lowest BCUT2D eigenvalue weighted by Gasteiger charge is -2.19. The van der Waals surface area contributed by atoms with E-state index in [-0.39, 0.29) is 0 Å². The molecule has 0 radical (unpaired) electrons. The Morgan fingerprint density at radius 2 is 2.06 bits per heavy atom. The van der Waals surface area contributed by atoms with Gasteiger partial charge in [-0.15, -0.1) is 10.2 Å². The van der Waals surface area contributed by atoms with Crippen LogP contribution in [0.25, 0.3) is 5.69 Å². The van der Waals surface area contributed by atoms with Crippen LogP contribution < -0.4 is 4.90 Å². The second-order valence-electron chi connectivity index (χ2n) is 4.30. The fourth-order valence-corrected chi connectivity index (χ4v) is 2.61. The smallest absolute Gasteiger partial charge is 0.139 e. The zero-order valence-corrected chi connectivity index (χ0v) is 11.4. The van der Waals surface area contributed by atoms with Crippen LogP contribution in [0.15, 0.2) is 22.7 Å². The van der Waals surface area contributed by atoms with Crippen LogP contribution >= 0.6 is 15.9 Å². The number of fused-ring (bicyclic) bond motifs is 3. The molecule has 0 fully saturated rings. The van der Waals surface area contributed by atoms with Gasteiger partial charge in [0.15, 0.2) is 0 Å². The Bertz CT molecular complexity index is 576. The monoisotopic (exact) mass is 292 g/mol. The number of anilines is 1. The summed E-state index contributed by atoms with van der Waals surface area (Å²) in [7, 11) is 2.11. The van der Waals surface area contributed by atoms with E-state index in [9.17, 15) is 0 Å². The Morgan fingerprint density at radius 3 is 2.88 bits per heavy atom. The molecule has 88 valence electrons. The van der Waals surface area contributed by atoms with Crippen LogP contribution in [0.1, 0.15) is 11.6 Å². The van der Waals surface area contributed by atoms with Crippen molar-refractivity contribution in [3.8, 4) is 5.69 Å². The number of nitrogens with zero attached hydrogens (tertiary/aromatic N) is 4. The maximum Gasteiger partial charge on any atom is 0.139 e. The zero-order chi connectivity index (χ0) is 12.0. The molecule has 0 atom stereocenters. The number of likely N-dealkylation sites (N-methyl/N-ethyl adjacent to an activating group) is 1. The quantitative estimate of drug-likeness (QED) is 0.747. The Balaban J connectivity index is 2.30. The number of aryl methyl sites for hydroxylation is 1. The van der Waals surface area contributed by atoms with E-state index < -0.39 is 0 Å². The molecule has 0 amide bonds. The summed E-state index contributed by atoms with van der Waals surface area (Å²) in [5, 5.41) is 8.42. The first-order chi connectivity index (χ1) is 8.16. The topological polar surface area (TPSA) is 34.0 Å². The van der Waals surface area contributed by atoms with Crippen LogP contribution in [-0.2, 0) is 6.42 Å². The van der Waals surface area contributed by atoms with E-state index >= 15 is 0 Å². The molecule has 1 aliphatic heterocycles. The van der Waals surface area contributed by atoms with E-state index in [2.05, 4.69) is 60.8 Å². The summed E-state index contributed by atoms with van der Waals surface area (Å²) in [5.74, 6) is 1.98. The summed E-state index contributed by atoms with van der Waals surface area (Å²) in [4.78, 5) is 2.26. The molecule has 3 rings (SSSR count). The minimum atomic E-state index is 0.920. The van der Waals surface area contributed by atoms with Crippen molar-refractivity contribution < 1.29 is 0 Å². The number of rotatable bonds is 0. The molecule has 0 aliphatic carbocycles. The fraction of sp³-hybridized carbons (Fsp3) is 0.333. The van der Waals surface area contributed by atoms with Gasteiger partial charge in [0.1, 0.15) is 11.6 Å². The van der Waals surface area contributed by atoms with Crippen LogP contribution in [0, 0.1) is 6.92 Å². The van der Waals surface area contributed by atoms with Crippen LogP contribution in [0.3, 0.4) is 0 Å². The second kappa shape index (κ2) is 3.84. The lowest BCUT2D eigenvalue weighted by molar-refractivity contribution is 0.822. The minimum Gasteiger partial charge on any atom is -0.372 e. The molecule has 0 saturated carbocycles. The van der Waals surface area contributed by atoms with Crippen LogP contribution in [-0.4, -0.2) is 28.4 Å². The Kier molecular flexibility index (Phi) is 2.43. The predicted molar refractivity (Wildman–Crippen MR) is 70.8 cm³/mol. The van der Waals surface area contributed by atoms with Gasteiger partial charge < -0.3 is 4.90 Å². The molecule has 0 spiro atoms. The Labute approximate surface area is 108 Å². The van der Waals surface area contributed by atoms with Gasteiger partial charge in [0.25, 0.3) is 0 Å². The molecular formula is C12H13BrN4. The van der Waals surface area contributed by atoms with Gasteiger partial charge in [0.05, 0.1) is 11.4 Å². The molecule has 0 N–H and O–H groups in total. The summed E-state index contributed by atoms with van der Waals surface area (Å²) >= 11 is 3.53. The van der Waals surface area contributed by atoms with Gasteiger partial charge in [0.2, 0.25) is 0 Å². The highest BCUT2D eigenvalue weighted by molar-refractivity contribution is 9.10. The van der Waals surface area contributed by atoms with Crippen LogP contribution in [0.2, 0.25) is 0 Å². The maximum absolute atomic E-state index is 4.25. The van der Waals surface area contributed by atoms with Crippen molar-refractivity contribution in [1.82, 2.24) is 14.8 Å². The number of hydrogen-bond acceptors (Lipinski definition) is 3. The standard InChI is InChI=1S/C12H13BrN4/c1-8-14-15-12-5-6-16(2)11-7-9(13)3-4-10(11)17(8)12/h3-4,7H,5-6H2,1-2H3.